The minimum atomic E-state index is 0.363. The standard InChI is InChI=1S/C15H20OS/c17-11-15(7-2-8-15)10-16-14-6-5-12-3-1-4-13(12)9-14/h5-6,9,17H,1-4,7-8,10-11H2. The number of hydrogen-bond donors (Lipinski definition) is 1. The van der Waals surface area contributed by atoms with Gasteiger partial charge in [0.25, 0.3) is 0 Å². The maximum absolute atomic E-state index is 5.98. The maximum atomic E-state index is 5.98. The highest BCUT2D eigenvalue weighted by Gasteiger charge is 2.36. The highest BCUT2D eigenvalue weighted by Crippen LogP contribution is 2.42. The van der Waals surface area contributed by atoms with Gasteiger partial charge in [-0.1, -0.05) is 12.5 Å². The Bertz CT molecular complexity index is 404. The van der Waals surface area contributed by atoms with Crippen molar-refractivity contribution < 1.29 is 4.74 Å². The summed E-state index contributed by atoms with van der Waals surface area (Å²) in [6.45, 7) is 0.843. The van der Waals surface area contributed by atoms with Crippen LogP contribution < -0.4 is 4.74 Å². The van der Waals surface area contributed by atoms with E-state index in [4.69, 9.17) is 4.74 Å². The van der Waals surface area contributed by atoms with Crippen molar-refractivity contribution in [2.75, 3.05) is 12.4 Å². The van der Waals surface area contributed by atoms with E-state index in [2.05, 4.69) is 30.8 Å². The number of thiol groups is 1. The Morgan fingerprint density at radius 3 is 2.65 bits per heavy atom. The molecule has 17 heavy (non-hydrogen) atoms. The first kappa shape index (κ1) is 11.5. The first-order valence-corrected chi connectivity index (χ1v) is 7.30. The summed E-state index contributed by atoms with van der Waals surface area (Å²) in [5.41, 5.74) is 3.38. The number of rotatable bonds is 4. The monoisotopic (exact) mass is 248 g/mol. The molecule has 0 atom stereocenters. The number of aryl methyl sites for hydroxylation is 2. The Morgan fingerprint density at radius 2 is 1.94 bits per heavy atom. The molecule has 0 amide bonds. The van der Waals surface area contributed by atoms with Crippen molar-refractivity contribution >= 4 is 12.6 Å². The number of benzene rings is 1. The van der Waals surface area contributed by atoms with E-state index in [0.717, 1.165) is 18.1 Å². The number of fused-ring (bicyclic) bond motifs is 1. The molecule has 0 bridgehead atoms. The van der Waals surface area contributed by atoms with Crippen molar-refractivity contribution in [3.63, 3.8) is 0 Å². The third-order valence-corrected chi connectivity index (χ3v) is 5.04. The van der Waals surface area contributed by atoms with Crippen molar-refractivity contribution in [1.29, 1.82) is 0 Å². The van der Waals surface area contributed by atoms with Gasteiger partial charge >= 0.3 is 0 Å². The topological polar surface area (TPSA) is 9.23 Å². The lowest BCUT2D eigenvalue weighted by Crippen LogP contribution is -2.37. The fourth-order valence-corrected chi connectivity index (χ4v) is 3.31. The zero-order chi connectivity index (χ0) is 11.7. The number of hydrogen-bond acceptors (Lipinski definition) is 2. The minimum Gasteiger partial charge on any atom is -0.493 e. The summed E-state index contributed by atoms with van der Waals surface area (Å²) in [5.74, 6) is 2.01. The number of ether oxygens (including phenoxy) is 1. The zero-order valence-corrected chi connectivity index (χ0v) is 11.1. The van der Waals surface area contributed by atoms with Crippen LogP contribution in [-0.4, -0.2) is 12.4 Å². The van der Waals surface area contributed by atoms with Crippen LogP contribution in [0.3, 0.4) is 0 Å². The third kappa shape index (κ3) is 2.20. The summed E-state index contributed by atoms with van der Waals surface area (Å²) in [5, 5.41) is 0. The molecule has 0 unspecified atom stereocenters. The van der Waals surface area contributed by atoms with Gasteiger partial charge in [-0.15, -0.1) is 0 Å². The van der Waals surface area contributed by atoms with Gasteiger partial charge in [-0.3, -0.25) is 0 Å². The molecule has 2 aliphatic rings. The molecule has 1 fully saturated rings. The molecule has 0 aliphatic heterocycles. The molecule has 92 valence electrons. The van der Waals surface area contributed by atoms with Crippen LogP contribution in [0, 0.1) is 5.41 Å². The molecular formula is C15H20OS. The summed E-state index contributed by atoms with van der Waals surface area (Å²) >= 11 is 4.46. The zero-order valence-electron chi connectivity index (χ0n) is 10.2. The van der Waals surface area contributed by atoms with Crippen LogP contribution in [-0.2, 0) is 12.8 Å². The van der Waals surface area contributed by atoms with Crippen LogP contribution >= 0.6 is 12.6 Å². The van der Waals surface area contributed by atoms with Gasteiger partial charge in [-0.05, 0) is 61.1 Å². The van der Waals surface area contributed by atoms with E-state index in [-0.39, 0.29) is 0 Å². The molecule has 1 aromatic rings. The van der Waals surface area contributed by atoms with Crippen LogP contribution in [0.1, 0.15) is 36.8 Å². The van der Waals surface area contributed by atoms with E-state index < -0.39 is 0 Å². The van der Waals surface area contributed by atoms with Gasteiger partial charge in [0, 0.05) is 5.41 Å². The lowest BCUT2D eigenvalue weighted by atomic mass is 9.71. The minimum absolute atomic E-state index is 0.363. The Balaban J connectivity index is 1.65. The Morgan fingerprint density at radius 1 is 1.12 bits per heavy atom. The molecule has 1 saturated carbocycles. The second kappa shape index (κ2) is 4.56. The van der Waals surface area contributed by atoms with Crippen LogP contribution in [0.15, 0.2) is 18.2 Å². The van der Waals surface area contributed by atoms with Crippen LogP contribution in [0.2, 0.25) is 0 Å². The van der Waals surface area contributed by atoms with Gasteiger partial charge in [-0.25, -0.2) is 0 Å². The van der Waals surface area contributed by atoms with Crippen molar-refractivity contribution in [2.24, 2.45) is 5.41 Å². The molecule has 0 radical (unpaired) electrons. The predicted octanol–water partition coefficient (Wildman–Crippen LogP) is 3.65. The maximum Gasteiger partial charge on any atom is 0.119 e. The quantitative estimate of drug-likeness (QED) is 0.800. The van der Waals surface area contributed by atoms with E-state index in [1.807, 2.05) is 0 Å². The van der Waals surface area contributed by atoms with Gasteiger partial charge in [0.2, 0.25) is 0 Å². The average Bonchev–Trinajstić information content (AvgIpc) is 2.75. The molecule has 0 spiro atoms. The fourth-order valence-electron chi connectivity index (χ4n) is 2.90. The Labute approximate surface area is 109 Å². The van der Waals surface area contributed by atoms with E-state index in [9.17, 15) is 0 Å². The highest BCUT2D eigenvalue weighted by molar-refractivity contribution is 7.80. The average molecular weight is 248 g/mol. The third-order valence-electron chi connectivity index (χ3n) is 4.36. The molecule has 0 N–H and O–H groups in total. The molecule has 2 heteroatoms. The van der Waals surface area contributed by atoms with Gasteiger partial charge in [0.1, 0.15) is 5.75 Å². The van der Waals surface area contributed by atoms with Crippen LogP contribution in [0.4, 0.5) is 0 Å². The highest BCUT2D eigenvalue weighted by atomic mass is 32.1. The smallest absolute Gasteiger partial charge is 0.119 e. The SMILES string of the molecule is SCC1(COc2ccc3c(c2)CCC3)CCC1. The molecule has 3 rings (SSSR count). The lowest BCUT2D eigenvalue weighted by molar-refractivity contribution is 0.0829. The first-order valence-electron chi connectivity index (χ1n) is 6.67. The van der Waals surface area contributed by atoms with Gasteiger partial charge in [0.05, 0.1) is 6.61 Å². The Kier molecular flexibility index (Phi) is 3.08. The summed E-state index contributed by atoms with van der Waals surface area (Å²) in [6.07, 6.45) is 7.68. The lowest BCUT2D eigenvalue weighted by Gasteiger charge is -2.40. The molecular weight excluding hydrogens is 228 g/mol. The summed E-state index contributed by atoms with van der Waals surface area (Å²) < 4.78 is 5.98. The molecule has 1 nitrogen and oxygen atoms in total. The van der Waals surface area contributed by atoms with Crippen LogP contribution in [0.25, 0.3) is 0 Å². The molecule has 0 aromatic heterocycles. The van der Waals surface area contributed by atoms with Crippen molar-refractivity contribution in [3.05, 3.63) is 29.3 Å². The fraction of sp³-hybridized carbons (Fsp3) is 0.600. The largest absolute Gasteiger partial charge is 0.493 e. The summed E-state index contributed by atoms with van der Waals surface area (Å²) in [4.78, 5) is 0. The van der Waals surface area contributed by atoms with Crippen molar-refractivity contribution in [1.82, 2.24) is 0 Å². The first-order chi connectivity index (χ1) is 8.31. The van der Waals surface area contributed by atoms with Crippen molar-refractivity contribution in [3.8, 4) is 5.75 Å². The second-order valence-corrected chi connectivity index (χ2v) is 5.90. The molecule has 0 heterocycles. The Hall–Kier alpha value is -0.630. The normalized spacial score (nSPS) is 20.8. The second-order valence-electron chi connectivity index (χ2n) is 5.58. The van der Waals surface area contributed by atoms with Crippen LogP contribution in [0.5, 0.6) is 5.75 Å². The molecule has 2 aliphatic carbocycles. The molecule has 0 saturated heterocycles. The van der Waals surface area contributed by atoms with E-state index in [1.54, 1.807) is 0 Å². The molecule has 1 aromatic carbocycles. The predicted molar refractivity (Wildman–Crippen MR) is 74.1 cm³/mol. The van der Waals surface area contributed by atoms with E-state index in [1.165, 1.54) is 49.7 Å². The van der Waals surface area contributed by atoms with Gasteiger partial charge < -0.3 is 4.74 Å². The van der Waals surface area contributed by atoms with Gasteiger partial charge in [0.15, 0.2) is 0 Å². The van der Waals surface area contributed by atoms with Crippen molar-refractivity contribution in [2.45, 2.75) is 38.5 Å². The van der Waals surface area contributed by atoms with E-state index >= 15 is 0 Å². The summed E-state index contributed by atoms with van der Waals surface area (Å²) in [7, 11) is 0. The van der Waals surface area contributed by atoms with Gasteiger partial charge in [-0.2, -0.15) is 12.6 Å². The van der Waals surface area contributed by atoms with E-state index in [0.29, 0.717) is 5.41 Å². The summed E-state index contributed by atoms with van der Waals surface area (Å²) in [6, 6.07) is 6.62.